The topological polar surface area (TPSA) is 20.2 Å². The quantitative estimate of drug-likeness (QED) is 0.401. The second kappa shape index (κ2) is 9.25. The molecule has 0 fully saturated rings. The summed E-state index contributed by atoms with van der Waals surface area (Å²) in [4.78, 5) is 0. The SMILES string of the molecule is CCc1c(O)cc(-c2ccccc2)c(-c2ccccc2)c1-c1ccccc1.[Na]. The molecule has 4 aromatic rings. The maximum Gasteiger partial charge on any atom is 0.120 e. The van der Waals surface area contributed by atoms with Crippen molar-refractivity contribution in [2.75, 3.05) is 0 Å². The number of hydrogen-bond donors (Lipinski definition) is 1. The summed E-state index contributed by atoms with van der Waals surface area (Å²) in [5.74, 6) is 0.356. The molecule has 0 saturated carbocycles. The fourth-order valence-corrected chi connectivity index (χ4v) is 3.74. The monoisotopic (exact) mass is 373 g/mol. The molecular weight excluding hydrogens is 351 g/mol. The first kappa shape index (κ1) is 20.4. The van der Waals surface area contributed by atoms with Gasteiger partial charge in [0.15, 0.2) is 0 Å². The number of rotatable bonds is 4. The van der Waals surface area contributed by atoms with Gasteiger partial charge in [0.25, 0.3) is 0 Å². The van der Waals surface area contributed by atoms with Gasteiger partial charge in [-0.1, -0.05) is 97.9 Å². The third kappa shape index (κ3) is 3.93. The zero-order valence-electron chi connectivity index (χ0n) is 16.4. The van der Waals surface area contributed by atoms with E-state index < -0.39 is 0 Å². The number of benzene rings is 4. The summed E-state index contributed by atoms with van der Waals surface area (Å²) in [6.07, 6.45) is 0.769. The van der Waals surface area contributed by atoms with Crippen molar-refractivity contribution < 1.29 is 5.11 Å². The van der Waals surface area contributed by atoms with Crippen molar-refractivity contribution in [3.8, 4) is 39.1 Å². The second-order valence-electron chi connectivity index (χ2n) is 6.62. The Morgan fingerprint density at radius 3 is 1.50 bits per heavy atom. The largest absolute Gasteiger partial charge is 0.508 e. The van der Waals surface area contributed by atoms with Crippen molar-refractivity contribution in [2.24, 2.45) is 0 Å². The number of phenolic OH excluding ortho intramolecular Hbond substituents is 1. The summed E-state index contributed by atoms with van der Waals surface area (Å²) in [7, 11) is 0. The molecule has 1 radical (unpaired) electrons. The Bertz CT molecular complexity index is 1040. The van der Waals surface area contributed by atoms with Gasteiger partial charge in [0.1, 0.15) is 5.75 Å². The van der Waals surface area contributed by atoms with E-state index in [1.165, 1.54) is 5.56 Å². The predicted octanol–water partition coefficient (Wildman–Crippen LogP) is 6.57. The Kier molecular flexibility index (Phi) is 6.74. The van der Waals surface area contributed by atoms with Gasteiger partial charge in [0.05, 0.1) is 0 Å². The Morgan fingerprint density at radius 1 is 0.607 bits per heavy atom. The summed E-state index contributed by atoms with van der Waals surface area (Å²) in [6.45, 7) is 2.10. The number of phenols is 1. The van der Waals surface area contributed by atoms with Crippen LogP contribution in [-0.4, -0.2) is 34.7 Å². The molecule has 4 aromatic carbocycles. The molecule has 0 spiro atoms. The van der Waals surface area contributed by atoms with Crippen molar-refractivity contribution in [1.82, 2.24) is 0 Å². The van der Waals surface area contributed by atoms with E-state index >= 15 is 0 Å². The minimum absolute atomic E-state index is 0. The van der Waals surface area contributed by atoms with Crippen LogP contribution < -0.4 is 0 Å². The third-order valence-corrected chi connectivity index (χ3v) is 4.97. The van der Waals surface area contributed by atoms with Crippen LogP contribution in [0.25, 0.3) is 33.4 Å². The van der Waals surface area contributed by atoms with Crippen LogP contribution in [0.4, 0.5) is 0 Å². The molecule has 0 bridgehead atoms. The van der Waals surface area contributed by atoms with E-state index in [1.54, 1.807) is 0 Å². The van der Waals surface area contributed by atoms with E-state index in [2.05, 4.69) is 67.6 Å². The molecule has 0 saturated heterocycles. The van der Waals surface area contributed by atoms with Crippen LogP contribution in [0.2, 0.25) is 0 Å². The molecule has 2 heteroatoms. The zero-order valence-corrected chi connectivity index (χ0v) is 18.4. The number of hydrogen-bond acceptors (Lipinski definition) is 1. The van der Waals surface area contributed by atoms with Crippen LogP contribution in [0.1, 0.15) is 12.5 Å². The first-order chi connectivity index (χ1) is 13.3. The summed E-state index contributed by atoms with van der Waals surface area (Å²) >= 11 is 0. The molecule has 0 aliphatic rings. The molecule has 0 aliphatic carbocycles. The molecule has 0 atom stereocenters. The average Bonchev–Trinajstić information content (AvgIpc) is 2.75. The van der Waals surface area contributed by atoms with Gasteiger partial charge in [-0.2, -0.15) is 0 Å². The molecular formula is C26H22NaO. The molecule has 4 rings (SSSR count). The molecule has 1 nitrogen and oxygen atoms in total. The van der Waals surface area contributed by atoms with E-state index in [0.29, 0.717) is 5.75 Å². The molecule has 1 N–H and O–H groups in total. The normalized spacial score (nSPS) is 10.3. The molecule has 0 aromatic heterocycles. The zero-order chi connectivity index (χ0) is 18.6. The fourth-order valence-electron chi connectivity index (χ4n) is 3.74. The van der Waals surface area contributed by atoms with Crippen LogP contribution >= 0.6 is 0 Å². The van der Waals surface area contributed by atoms with Crippen molar-refractivity contribution >= 4 is 29.6 Å². The van der Waals surface area contributed by atoms with E-state index in [4.69, 9.17) is 0 Å². The van der Waals surface area contributed by atoms with Crippen LogP contribution in [0.3, 0.4) is 0 Å². The van der Waals surface area contributed by atoms with E-state index in [9.17, 15) is 5.11 Å². The Morgan fingerprint density at radius 2 is 1.04 bits per heavy atom. The third-order valence-electron chi connectivity index (χ3n) is 4.97. The minimum Gasteiger partial charge on any atom is -0.508 e. The fraction of sp³-hybridized carbons (Fsp3) is 0.0769. The Balaban J connectivity index is 0.00000225. The van der Waals surface area contributed by atoms with Crippen LogP contribution in [0, 0.1) is 0 Å². The maximum atomic E-state index is 10.9. The van der Waals surface area contributed by atoms with Gasteiger partial charge < -0.3 is 5.11 Å². The van der Waals surface area contributed by atoms with Crippen LogP contribution in [-0.2, 0) is 6.42 Å². The van der Waals surface area contributed by atoms with Crippen molar-refractivity contribution in [1.29, 1.82) is 0 Å². The van der Waals surface area contributed by atoms with Crippen molar-refractivity contribution in [3.63, 3.8) is 0 Å². The smallest absolute Gasteiger partial charge is 0.120 e. The van der Waals surface area contributed by atoms with Gasteiger partial charge in [-0.05, 0) is 45.9 Å². The Labute approximate surface area is 189 Å². The van der Waals surface area contributed by atoms with E-state index in [1.807, 2.05) is 36.4 Å². The number of aromatic hydroxyl groups is 1. The van der Waals surface area contributed by atoms with E-state index in [0.717, 1.165) is 39.8 Å². The first-order valence-electron chi connectivity index (χ1n) is 9.34. The van der Waals surface area contributed by atoms with E-state index in [-0.39, 0.29) is 29.6 Å². The van der Waals surface area contributed by atoms with Gasteiger partial charge in [-0.25, -0.2) is 0 Å². The molecule has 28 heavy (non-hydrogen) atoms. The second-order valence-corrected chi connectivity index (χ2v) is 6.62. The van der Waals surface area contributed by atoms with Gasteiger partial charge >= 0.3 is 0 Å². The standard InChI is InChI=1S/C26H22O.Na/c1-2-22-24(27)18-23(19-12-6-3-7-13-19)26(21-16-10-5-11-17-21)25(22)20-14-8-4-9-15-20;/h3-18,27H,2H2,1H3;. The van der Waals surface area contributed by atoms with Crippen molar-refractivity contribution in [2.45, 2.75) is 13.3 Å². The van der Waals surface area contributed by atoms with Gasteiger partial charge in [0, 0.05) is 35.1 Å². The minimum atomic E-state index is 0. The molecule has 0 unspecified atom stereocenters. The predicted molar refractivity (Wildman–Crippen MR) is 120 cm³/mol. The summed E-state index contributed by atoms with van der Waals surface area (Å²) in [5, 5.41) is 10.9. The molecule has 133 valence electrons. The maximum absolute atomic E-state index is 10.9. The van der Waals surface area contributed by atoms with Crippen LogP contribution in [0.15, 0.2) is 97.1 Å². The summed E-state index contributed by atoms with van der Waals surface area (Å²) < 4.78 is 0. The molecule has 0 heterocycles. The molecule has 0 amide bonds. The van der Waals surface area contributed by atoms with Crippen LogP contribution in [0.5, 0.6) is 5.75 Å². The Hall–Kier alpha value is -2.32. The summed E-state index contributed by atoms with van der Waals surface area (Å²) in [6, 6.07) is 33.0. The molecule has 0 aliphatic heterocycles. The first-order valence-corrected chi connectivity index (χ1v) is 9.34. The van der Waals surface area contributed by atoms with Crippen molar-refractivity contribution in [3.05, 3.63) is 103 Å². The van der Waals surface area contributed by atoms with Gasteiger partial charge in [-0.15, -0.1) is 0 Å². The van der Waals surface area contributed by atoms with Gasteiger partial charge in [0.2, 0.25) is 0 Å². The van der Waals surface area contributed by atoms with Gasteiger partial charge in [-0.3, -0.25) is 0 Å². The summed E-state index contributed by atoms with van der Waals surface area (Å²) in [5.41, 5.74) is 7.71. The average molecular weight is 373 g/mol.